The fourth-order valence-electron chi connectivity index (χ4n) is 2.72. The number of oxazole rings is 1. The van der Waals surface area contributed by atoms with E-state index in [9.17, 15) is 0 Å². The molecule has 1 atom stereocenters. The van der Waals surface area contributed by atoms with Crippen LogP contribution >= 0.6 is 0 Å². The van der Waals surface area contributed by atoms with Gasteiger partial charge in [0.25, 0.3) is 0 Å². The molecular formula is C16H20N2O. The highest BCUT2D eigenvalue weighted by molar-refractivity contribution is 5.21. The molecule has 1 aromatic carbocycles. The van der Waals surface area contributed by atoms with Crippen molar-refractivity contribution >= 4 is 0 Å². The Balaban J connectivity index is 1.77. The summed E-state index contributed by atoms with van der Waals surface area (Å²) in [7, 11) is 0. The molecule has 1 saturated heterocycles. The van der Waals surface area contributed by atoms with E-state index in [1.807, 2.05) is 13.0 Å². The molecular weight excluding hydrogens is 236 g/mol. The van der Waals surface area contributed by atoms with Crippen LogP contribution in [0.15, 0.2) is 34.7 Å². The standard InChI is InChI=1S/C16H20N2O/c1-12-16(14-9-5-6-10-17-14)18-15(19-12)11-13-7-3-2-4-8-13/h2-4,7-8,14,17H,5-6,9-11H2,1H3. The average Bonchev–Trinajstić information content (AvgIpc) is 2.82. The first-order valence-corrected chi connectivity index (χ1v) is 7.06. The van der Waals surface area contributed by atoms with E-state index >= 15 is 0 Å². The van der Waals surface area contributed by atoms with Crippen molar-refractivity contribution in [2.24, 2.45) is 0 Å². The number of nitrogens with one attached hydrogen (secondary N) is 1. The zero-order valence-corrected chi connectivity index (χ0v) is 11.4. The van der Waals surface area contributed by atoms with Crippen molar-refractivity contribution in [1.82, 2.24) is 10.3 Å². The van der Waals surface area contributed by atoms with Gasteiger partial charge in [0, 0.05) is 6.42 Å². The predicted octanol–water partition coefficient (Wildman–Crippen LogP) is 3.39. The molecule has 0 amide bonds. The van der Waals surface area contributed by atoms with E-state index in [4.69, 9.17) is 9.40 Å². The van der Waals surface area contributed by atoms with Crippen LogP contribution in [-0.4, -0.2) is 11.5 Å². The van der Waals surface area contributed by atoms with Gasteiger partial charge in [0.15, 0.2) is 5.89 Å². The summed E-state index contributed by atoms with van der Waals surface area (Å²) in [5, 5.41) is 3.53. The Morgan fingerprint density at radius 3 is 2.84 bits per heavy atom. The Morgan fingerprint density at radius 1 is 1.26 bits per heavy atom. The van der Waals surface area contributed by atoms with E-state index < -0.39 is 0 Å². The molecule has 0 radical (unpaired) electrons. The van der Waals surface area contributed by atoms with Crippen molar-refractivity contribution in [3.63, 3.8) is 0 Å². The molecule has 0 saturated carbocycles. The second kappa shape index (κ2) is 5.57. The number of hydrogen-bond donors (Lipinski definition) is 1. The van der Waals surface area contributed by atoms with Gasteiger partial charge in [-0.05, 0) is 31.9 Å². The molecule has 3 heteroatoms. The highest BCUT2D eigenvalue weighted by Crippen LogP contribution is 2.26. The maximum atomic E-state index is 5.82. The van der Waals surface area contributed by atoms with Crippen LogP contribution in [0.5, 0.6) is 0 Å². The number of hydrogen-bond acceptors (Lipinski definition) is 3. The van der Waals surface area contributed by atoms with E-state index in [-0.39, 0.29) is 0 Å². The van der Waals surface area contributed by atoms with Crippen molar-refractivity contribution in [2.75, 3.05) is 6.54 Å². The molecule has 100 valence electrons. The molecule has 1 fully saturated rings. The lowest BCUT2D eigenvalue weighted by molar-refractivity contribution is 0.400. The quantitative estimate of drug-likeness (QED) is 0.914. The smallest absolute Gasteiger partial charge is 0.199 e. The predicted molar refractivity (Wildman–Crippen MR) is 75.1 cm³/mol. The Kier molecular flexibility index (Phi) is 3.65. The number of piperidine rings is 1. The van der Waals surface area contributed by atoms with Gasteiger partial charge in [-0.15, -0.1) is 0 Å². The van der Waals surface area contributed by atoms with Gasteiger partial charge < -0.3 is 9.73 Å². The Bertz CT molecular complexity index is 527. The zero-order valence-electron chi connectivity index (χ0n) is 11.4. The summed E-state index contributed by atoms with van der Waals surface area (Å²) in [5.74, 6) is 1.79. The summed E-state index contributed by atoms with van der Waals surface area (Å²) < 4.78 is 5.82. The summed E-state index contributed by atoms with van der Waals surface area (Å²) in [6, 6.07) is 10.7. The van der Waals surface area contributed by atoms with E-state index in [1.54, 1.807) is 0 Å². The molecule has 1 unspecified atom stereocenters. The van der Waals surface area contributed by atoms with Crippen LogP contribution in [0.1, 0.15) is 48.2 Å². The lowest BCUT2D eigenvalue weighted by atomic mass is 10.0. The van der Waals surface area contributed by atoms with Gasteiger partial charge in [-0.25, -0.2) is 4.98 Å². The molecule has 1 aliphatic rings. The normalized spacial score (nSPS) is 19.5. The average molecular weight is 256 g/mol. The van der Waals surface area contributed by atoms with Crippen LogP contribution in [-0.2, 0) is 6.42 Å². The highest BCUT2D eigenvalue weighted by atomic mass is 16.4. The van der Waals surface area contributed by atoms with Gasteiger partial charge in [0.05, 0.1) is 11.7 Å². The molecule has 3 nitrogen and oxygen atoms in total. The number of nitrogens with zero attached hydrogens (tertiary/aromatic N) is 1. The maximum Gasteiger partial charge on any atom is 0.199 e. The third-order valence-electron chi connectivity index (χ3n) is 3.72. The van der Waals surface area contributed by atoms with Crippen LogP contribution in [0.3, 0.4) is 0 Å². The first-order chi connectivity index (χ1) is 9.33. The Hall–Kier alpha value is -1.61. The second-order valence-corrected chi connectivity index (χ2v) is 5.21. The van der Waals surface area contributed by atoms with E-state index in [0.29, 0.717) is 6.04 Å². The Labute approximate surface area is 114 Å². The monoisotopic (exact) mass is 256 g/mol. The van der Waals surface area contributed by atoms with Gasteiger partial charge in [0.1, 0.15) is 5.76 Å². The third kappa shape index (κ3) is 2.87. The van der Waals surface area contributed by atoms with Crippen molar-refractivity contribution in [2.45, 2.75) is 38.6 Å². The highest BCUT2D eigenvalue weighted by Gasteiger charge is 2.21. The van der Waals surface area contributed by atoms with Crippen molar-refractivity contribution in [3.05, 3.63) is 53.2 Å². The number of aryl methyl sites for hydroxylation is 1. The van der Waals surface area contributed by atoms with Crippen molar-refractivity contribution in [1.29, 1.82) is 0 Å². The lowest BCUT2D eigenvalue weighted by Gasteiger charge is -2.21. The van der Waals surface area contributed by atoms with Crippen molar-refractivity contribution in [3.8, 4) is 0 Å². The van der Waals surface area contributed by atoms with Crippen LogP contribution in [0, 0.1) is 6.92 Å². The summed E-state index contributed by atoms with van der Waals surface area (Å²) >= 11 is 0. The van der Waals surface area contributed by atoms with Gasteiger partial charge in [-0.2, -0.15) is 0 Å². The minimum atomic E-state index is 0.377. The lowest BCUT2D eigenvalue weighted by Crippen LogP contribution is -2.27. The SMILES string of the molecule is Cc1oc(Cc2ccccc2)nc1C1CCCCN1. The molecule has 1 aliphatic heterocycles. The minimum Gasteiger partial charge on any atom is -0.445 e. The van der Waals surface area contributed by atoms with Gasteiger partial charge in [-0.3, -0.25) is 0 Å². The van der Waals surface area contributed by atoms with Crippen molar-refractivity contribution < 1.29 is 4.42 Å². The number of rotatable bonds is 3. The van der Waals surface area contributed by atoms with Gasteiger partial charge in [-0.1, -0.05) is 36.8 Å². The van der Waals surface area contributed by atoms with E-state index in [2.05, 4.69) is 29.6 Å². The Morgan fingerprint density at radius 2 is 2.11 bits per heavy atom. The van der Waals surface area contributed by atoms with Gasteiger partial charge >= 0.3 is 0 Å². The molecule has 1 aromatic heterocycles. The fraction of sp³-hybridized carbons (Fsp3) is 0.438. The minimum absolute atomic E-state index is 0.377. The van der Waals surface area contributed by atoms with E-state index in [0.717, 1.165) is 36.7 Å². The van der Waals surface area contributed by atoms with Crippen LogP contribution in [0.25, 0.3) is 0 Å². The zero-order chi connectivity index (χ0) is 13.1. The second-order valence-electron chi connectivity index (χ2n) is 5.21. The van der Waals surface area contributed by atoms with Gasteiger partial charge in [0.2, 0.25) is 0 Å². The summed E-state index contributed by atoms with van der Waals surface area (Å²) in [6.07, 6.45) is 4.48. The first kappa shape index (κ1) is 12.4. The molecule has 1 N–H and O–H groups in total. The molecule has 3 rings (SSSR count). The number of aromatic nitrogens is 1. The van der Waals surface area contributed by atoms with Crippen LogP contribution in [0.2, 0.25) is 0 Å². The maximum absolute atomic E-state index is 5.82. The molecule has 2 heterocycles. The molecule has 0 aliphatic carbocycles. The van der Waals surface area contributed by atoms with E-state index in [1.165, 1.54) is 18.4 Å². The molecule has 0 bridgehead atoms. The summed E-state index contributed by atoms with van der Waals surface area (Å²) in [4.78, 5) is 4.70. The first-order valence-electron chi connectivity index (χ1n) is 7.06. The number of benzene rings is 1. The summed E-state index contributed by atoms with van der Waals surface area (Å²) in [5.41, 5.74) is 2.34. The fourth-order valence-corrected chi connectivity index (χ4v) is 2.72. The topological polar surface area (TPSA) is 38.1 Å². The summed E-state index contributed by atoms with van der Waals surface area (Å²) in [6.45, 7) is 3.11. The van der Waals surface area contributed by atoms with Crippen LogP contribution in [0.4, 0.5) is 0 Å². The molecule has 2 aromatic rings. The largest absolute Gasteiger partial charge is 0.445 e. The van der Waals surface area contributed by atoms with Crippen LogP contribution < -0.4 is 5.32 Å². The molecule has 0 spiro atoms. The third-order valence-corrected chi connectivity index (χ3v) is 3.72. The molecule has 19 heavy (non-hydrogen) atoms.